The van der Waals surface area contributed by atoms with Gasteiger partial charge in [-0.2, -0.15) is 0 Å². The van der Waals surface area contributed by atoms with Gasteiger partial charge < -0.3 is 45.1 Å². The molecule has 536 valence electrons. The number of esters is 1. The maximum atomic E-state index is 13.0. The van der Waals surface area contributed by atoms with Crippen LogP contribution in [0.3, 0.4) is 0 Å². The van der Waals surface area contributed by atoms with Crippen LogP contribution in [-0.4, -0.2) is 100 Å². The molecule has 1 aliphatic rings. The van der Waals surface area contributed by atoms with Gasteiger partial charge >= 0.3 is 5.97 Å². The van der Waals surface area contributed by atoms with Crippen molar-refractivity contribution < 1.29 is 49.3 Å². The van der Waals surface area contributed by atoms with E-state index in [2.05, 4.69) is 43.5 Å². The summed E-state index contributed by atoms with van der Waals surface area (Å²) in [7, 11) is 0. The molecule has 0 spiro atoms. The first-order chi connectivity index (χ1) is 44.7. The SMILES string of the molecule is CCCCCCCCC/C=C\CCCCCCCCCC(=O)OCCCCCCCCCCCCCCCC/C=C\CCCCCCCCCCCCCCCCCCCC(=O)NC(COC1OC(CO)C(O)C(O)C1O)C(O)/C=C/CCCCCCCCCC. The van der Waals surface area contributed by atoms with E-state index in [1.165, 1.54) is 315 Å². The minimum absolute atomic E-state index is 0.0113. The molecule has 1 amide bonds. The minimum Gasteiger partial charge on any atom is -0.466 e. The summed E-state index contributed by atoms with van der Waals surface area (Å²) < 4.78 is 16.8. The highest BCUT2D eigenvalue weighted by Gasteiger charge is 2.44. The van der Waals surface area contributed by atoms with Gasteiger partial charge in [0.15, 0.2) is 6.29 Å². The fraction of sp³-hybridized carbons (Fsp3) is 0.900. The molecular weight excluding hydrogens is 1130 g/mol. The van der Waals surface area contributed by atoms with Crippen LogP contribution < -0.4 is 5.32 Å². The molecule has 0 bridgehead atoms. The van der Waals surface area contributed by atoms with Crippen LogP contribution in [0, 0.1) is 0 Å². The van der Waals surface area contributed by atoms with Crippen molar-refractivity contribution in [3.63, 3.8) is 0 Å². The summed E-state index contributed by atoms with van der Waals surface area (Å²) in [6.45, 7) is 4.37. The predicted octanol–water partition coefficient (Wildman–Crippen LogP) is 21.3. The lowest BCUT2D eigenvalue weighted by atomic mass is 9.99. The second-order valence-corrected chi connectivity index (χ2v) is 27.8. The number of hydrogen-bond acceptors (Lipinski definition) is 10. The fourth-order valence-electron chi connectivity index (χ4n) is 12.7. The van der Waals surface area contributed by atoms with Crippen molar-refractivity contribution in [3.05, 3.63) is 36.5 Å². The topological polar surface area (TPSA) is 175 Å². The molecule has 0 aromatic rings. The third-order valence-electron chi connectivity index (χ3n) is 19.0. The monoisotopic (exact) mass is 1290 g/mol. The van der Waals surface area contributed by atoms with Crippen LogP contribution in [0.4, 0.5) is 0 Å². The van der Waals surface area contributed by atoms with Gasteiger partial charge in [0.1, 0.15) is 24.4 Å². The Kier molecular flexibility index (Phi) is 66.1. The summed E-state index contributed by atoms with van der Waals surface area (Å²) >= 11 is 0. The van der Waals surface area contributed by atoms with Crippen LogP contribution in [0.15, 0.2) is 36.5 Å². The van der Waals surface area contributed by atoms with Crippen LogP contribution in [0.5, 0.6) is 0 Å². The number of unbranched alkanes of at least 4 members (excludes halogenated alkanes) is 53. The van der Waals surface area contributed by atoms with Crippen molar-refractivity contribution in [1.82, 2.24) is 5.32 Å². The number of rotatable bonds is 71. The van der Waals surface area contributed by atoms with E-state index in [0.717, 1.165) is 57.8 Å². The highest BCUT2D eigenvalue weighted by molar-refractivity contribution is 5.76. The van der Waals surface area contributed by atoms with E-state index < -0.39 is 49.5 Å². The van der Waals surface area contributed by atoms with Crippen molar-refractivity contribution in [2.24, 2.45) is 0 Å². The maximum Gasteiger partial charge on any atom is 0.305 e. The highest BCUT2D eigenvalue weighted by Crippen LogP contribution is 2.24. The number of allylic oxidation sites excluding steroid dienone is 5. The molecule has 11 nitrogen and oxygen atoms in total. The molecule has 1 saturated heterocycles. The number of nitrogens with one attached hydrogen (secondary N) is 1. The first-order valence-corrected chi connectivity index (χ1v) is 39.8. The molecule has 1 rings (SSSR count). The van der Waals surface area contributed by atoms with Crippen LogP contribution in [0.25, 0.3) is 0 Å². The lowest BCUT2D eigenvalue weighted by Gasteiger charge is -2.40. The van der Waals surface area contributed by atoms with Crippen molar-refractivity contribution in [2.45, 2.75) is 442 Å². The Bertz CT molecular complexity index is 1610. The van der Waals surface area contributed by atoms with Crippen LogP contribution in [0.1, 0.15) is 399 Å². The van der Waals surface area contributed by atoms with Gasteiger partial charge in [-0.15, -0.1) is 0 Å². The number of amides is 1. The summed E-state index contributed by atoms with van der Waals surface area (Å²) in [4.78, 5) is 25.2. The van der Waals surface area contributed by atoms with Crippen LogP contribution in [0.2, 0.25) is 0 Å². The summed E-state index contributed by atoms with van der Waals surface area (Å²) in [6, 6.07) is -0.806. The van der Waals surface area contributed by atoms with E-state index in [9.17, 15) is 35.1 Å². The highest BCUT2D eigenvalue weighted by atomic mass is 16.7. The molecule has 91 heavy (non-hydrogen) atoms. The third-order valence-corrected chi connectivity index (χ3v) is 19.0. The van der Waals surface area contributed by atoms with Gasteiger partial charge in [-0.3, -0.25) is 9.59 Å². The van der Waals surface area contributed by atoms with E-state index >= 15 is 0 Å². The molecule has 0 saturated carbocycles. The predicted molar refractivity (Wildman–Crippen MR) is 384 cm³/mol. The van der Waals surface area contributed by atoms with Crippen molar-refractivity contribution in [2.75, 3.05) is 19.8 Å². The molecule has 11 heteroatoms. The second kappa shape index (κ2) is 69.2. The van der Waals surface area contributed by atoms with E-state index in [0.29, 0.717) is 19.4 Å². The maximum absolute atomic E-state index is 13.0. The fourth-order valence-corrected chi connectivity index (χ4v) is 12.7. The van der Waals surface area contributed by atoms with Crippen molar-refractivity contribution in [3.8, 4) is 0 Å². The Morgan fingerprint density at radius 2 is 0.703 bits per heavy atom. The van der Waals surface area contributed by atoms with Gasteiger partial charge in [0.2, 0.25) is 5.91 Å². The first-order valence-electron chi connectivity index (χ1n) is 39.8. The summed E-state index contributed by atoms with van der Waals surface area (Å²) in [5.74, 6) is -0.166. The molecule has 0 aromatic heterocycles. The number of ether oxygens (including phenoxy) is 3. The standard InChI is InChI=1S/C80H151NO10/c1-3-5-7-9-11-13-15-16-17-18-39-42-45-48-52-56-60-64-68-76(85)89-69-65-61-57-53-49-46-43-40-37-35-33-31-29-27-25-23-21-19-20-22-24-26-28-30-32-34-36-38-41-44-47-51-55-59-63-67-75(84)81-72(71-90-80-79(88)78(87)77(86)74(70-82)91-80)73(83)66-62-58-54-50-14-12-10-8-6-4-2/h17-18,21,23,62,66,72-74,77-80,82-83,86-88H,3-16,19-20,22,24-61,63-65,67-71H2,1-2H3,(H,81,84)/b18-17-,23-21-,66-62+. The third kappa shape index (κ3) is 57.8. The Hall–Kier alpha value is -2.12. The second-order valence-electron chi connectivity index (χ2n) is 27.8. The average Bonchev–Trinajstić information content (AvgIpc) is 1.17. The molecular formula is C80H151NO10. The number of carbonyl (C=O) groups is 2. The number of carbonyl (C=O) groups excluding carboxylic acids is 2. The molecule has 1 fully saturated rings. The summed E-state index contributed by atoms with van der Waals surface area (Å²) in [6.07, 6.45) is 80.4. The molecule has 0 radical (unpaired) electrons. The van der Waals surface area contributed by atoms with Gasteiger partial charge in [0.25, 0.3) is 0 Å². The number of aliphatic hydroxyl groups excluding tert-OH is 5. The number of hydrogen-bond donors (Lipinski definition) is 6. The van der Waals surface area contributed by atoms with E-state index in [-0.39, 0.29) is 18.5 Å². The van der Waals surface area contributed by atoms with E-state index in [4.69, 9.17) is 14.2 Å². The molecule has 0 aromatic carbocycles. The normalized spacial score (nSPS) is 17.7. The summed E-state index contributed by atoms with van der Waals surface area (Å²) in [5, 5.41) is 54.4. The van der Waals surface area contributed by atoms with Gasteiger partial charge in [-0.1, -0.05) is 339 Å². The molecule has 1 heterocycles. The zero-order valence-electron chi connectivity index (χ0n) is 59.8. The molecule has 6 N–H and O–H groups in total. The minimum atomic E-state index is -1.57. The van der Waals surface area contributed by atoms with Crippen LogP contribution in [-0.2, 0) is 23.8 Å². The molecule has 0 aliphatic carbocycles. The quantitative estimate of drug-likeness (QED) is 0.0195. The number of aliphatic hydroxyl groups is 5. The largest absolute Gasteiger partial charge is 0.466 e. The Morgan fingerprint density at radius 3 is 1.05 bits per heavy atom. The lowest BCUT2D eigenvalue weighted by Crippen LogP contribution is -2.60. The van der Waals surface area contributed by atoms with Crippen LogP contribution >= 0.6 is 0 Å². The Labute approximate surface area is 562 Å². The van der Waals surface area contributed by atoms with Crippen molar-refractivity contribution >= 4 is 11.9 Å². The molecule has 7 atom stereocenters. The van der Waals surface area contributed by atoms with E-state index in [1.807, 2.05) is 6.08 Å². The molecule has 1 aliphatic heterocycles. The summed E-state index contributed by atoms with van der Waals surface area (Å²) in [5.41, 5.74) is 0. The lowest BCUT2D eigenvalue weighted by molar-refractivity contribution is -0.302. The Morgan fingerprint density at radius 1 is 0.396 bits per heavy atom. The van der Waals surface area contributed by atoms with Crippen molar-refractivity contribution in [1.29, 1.82) is 0 Å². The smallest absolute Gasteiger partial charge is 0.305 e. The first kappa shape index (κ1) is 86.9. The van der Waals surface area contributed by atoms with Gasteiger partial charge in [-0.05, 0) is 83.5 Å². The zero-order valence-corrected chi connectivity index (χ0v) is 59.8. The van der Waals surface area contributed by atoms with E-state index in [1.54, 1.807) is 6.08 Å². The zero-order chi connectivity index (χ0) is 65.8. The van der Waals surface area contributed by atoms with Gasteiger partial charge in [0.05, 0.1) is 32.0 Å². The van der Waals surface area contributed by atoms with Gasteiger partial charge in [-0.25, -0.2) is 0 Å². The van der Waals surface area contributed by atoms with Gasteiger partial charge in [0, 0.05) is 12.8 Å². The Balaban J connectivity index is 1.87. The average molecular weight is 1290 g/mol. The molecule has 7 unspecified atom stereocenters.